The van der Waals surface area contributed by atoms with Crippen molar-refractivity contribution in [3.63, 3.8) is 0 Å². The first-order valence-electron chi connectivity index (χ1n) is 9.45. The van der Waals surface area contributed by atoms with Crippen LogP contribution in [0, 0.1) is 17.3 Å². The topological polar surface area (TPSA) is 29.5 Å². The molecule has 126 valence electrons. The van der Waals surface area contributed by atoms with Crippen molar-refractivity contribution in [2.75, 3.05) is 19.7 Å². The third kappa shape index (κ3) is 2.93. The summed E-state index contributed by atoms with van der Waals surface area (Å²) < 4.78 is 5.87. The quantitative estimate of drug-likeness (QED) is 0.768. The molecule has 2 atom stereocenters. The van der Waals surface area contributed by atoms with Crippen LogP contribution in [0.2, 0.25) is 0 Å². The van der Waals surface area contributed by atoms with E-state index in [0.29, 0.717) is 5.41 Å². The van der Waals surface area contributed by atoms with E-state index < -0.39 is 5.60 Å². The van der Waals surface area contributed by atoms with Gasteiger partial charge in [0.25, 0.3) is 5.91 Å². The van der Waals surface area contributed by atoms with Crippen LogP contribution in [0.3, 0.4) is 0 Å². The van der Waals surface area contributed by atoms with Gasteiger partial charge in [-0.05, 0) is 62.2 Å². The molecule has 0 aromatic heterocycles. The highest BCUT2D eigenvalue weighted by molar-refractivity contribution is 5.85. The van der Waals surface area contributed by atoms with Gasteiger partial charge in [-0.2, -0.15) is 0 Å². The second kappa shape index (κ2) is 6.14. The van der Waals surface area contributed by atoms with Gasteiger partial charge in [0, 0.05) is 19.7 Å². The summed E-state index contributed by atoms with van der Waals surface area (Å²) in [5.41, 5.74) is 0.118. The predicted octanol–water partition coefficient (Wildman–Crippen LogP) is 4.01. The van der Waals surface area contributed by atoms with Crippen molar-refractivity contribution in [2.45, 2.75) is 77.7 Å². The maximum atomic E-state index is 12.9. The van der Waals surface area contributed by atoms with E-state index in [-0.39, 0.29) is 5.91 Å². The maximum Gasteiger partial charge on any atom is 0.254 e. The Labute approximate surface area is 135 Å². The lowest BCUT2D eigenvalue weighted by Gasteiger charge is -2.38. The Bertz CT molecular complexity index is 404. The number of hydrogen-bond acceptors (Lipinski definition) is 2. The Hall–Kier alpha value is -0.570. The molecule has 0 aromatic carbocycles. The summed E-state index contributed by atoms with van der Waals surface area (Å²) in [5.74, 6) is 2.04. The van der Waals surface area contributed by atoms with Crippen LogP contribution >= 0.6 is 0 Å². The molecule has 3 nitrogen and oxygen atoms in total. The van der Waals surface area contributed by atoms with Gasteiger partial charge in [0.2, 0.25) is 0 Å². The van der Waals surface area contributed by atoms with Gasteiger partial charge in [-0.3, -0.25) is 4.79 Å². The number of rotatable bonds is 5. The Morgan fingerprint density at radius 2 is 2.00 bits per heavy atom. The monoisotopic (exact) mass is 307 g/mol. The van der Waals surface area contributed by atoms with E-state index in [2.05, 4.69) is 25.7 Å². The molecule has 1 saturated carbocycles. The van der Waals surface area contributed by atoms with Crippen molar-refractivity contribution in [1.29, 1.82) is 0 Å². The van der Waals surface area contributed by atoms with Crippen molar-refractivity contribution < 1.29 is 9.53 Å². The van der Waals surface area contributed by atoms with Crippen LogP contribution < -0.4 is 0 Å². The van der Waals surface area contributed by atoms with Gasteiger partial charge in [0.1, 0.15) is 5.60 Å². The Morgan fingerprint density at radius 1 is 1.27 bits per heavy atom. The lowest BCUT2D eigenvalue weighted by atomic mass is 9.87. The van der Waals surface area contributed by atoms with Gasteiger partial charge < -0.3 is 9.64 Å². The fraction of sp³-hybridized carbons (Fsp3) is 0.947. The van der Waals surface area contributed by atoms with Gasteiger partial charge in [-0.15, -0.1) is 0 Å². The number of hydrogen-bond donors (Lipinski definition) is 0. The van der Waals surface area contributed by atoms with Gasteiger partial charge in [0.05, 0.1) is 0 Å². The van der Waals surface area contributed by atoms with E-state index in [4.69, 9.17) is 4.74 Å². The molecule has 2 aliphatic heterocycles. The van der Waals surface area contributed by atoms with Crippen LogP contribution in [0.15, 0.2) is 0 Å². The molecule has 3 aliphatic rings. The third-order valence-electron chi connectivity index (χ3n) is 6.56. The Morgan fingerprint density at radius 3 is 2.55 bits per heavy atom. The minimum atomic E-state index is -0.481. The molecular weight excluding hydrogens is 274 g/mol. The zero-order chi connectivity index (χ0) is 15.8. The van der Waals surface area contributed by atoms with Gasteiger partial charge in [0.15, 0.2) is 0 Å². The molecule has 3 heteroatoms. The predicted molar refractivity (Wildman–Crippen MR) is 88.6 cm³/mol. The molecule has 22 heavy (non-hydrogen) atoms. The number of amides is 1. The van der Waals surface area contributed by atoms with E-state index in [1.54, 1.807) is 0 Å². The smallest absolute Gasteiger partial charge is 0.254 e. The summed E-state index contributed by atoms with van der Waals surface area (Å²) in [6.45, 7) is 9.42. The number of likely N-dealkylation sites (tertiary alicyclic amines) is 1. The molecule has 3 fully saturated rings. The first-order chi connectivity index (χ1) is 10.5. The number of piperidine rings is 1. The van der Waals surface area contributed by atoms with Crippen molar-refractivity contribution in [1.82, 2.24) is 4.90 Å². The lowest BCUT2D eigenvalue weighted by molar-refractivity contribution is -0.155. The second-order valence-electron chi connectivity index (χ2n) is 8.33. The molecule has 1 spiro atoms. The molecule has 0 aromatic rings. The molecule has 0 unspecified atom stereocenters. The normalized spacial score (nSPS) is 33.6. The maximum absolute atomic E-state index is 12.9. The highest BCUT2D eigenvalue weighted by Crippen LogP contribution is 2.61. The van der Waals surface area contributed by atoms with Gasteiger partial charge in [-0.1, -0.05) is 27.2 Å². The van der Waals surface area contributed by atoms with Crippen LogP contribution in [0.4, 0.5) is 0 Å². The Balaban J connectivity index is 1.51. The average molecular weight is 307 g/mol. The van der Waals surface area contributed by atoms with E-state index in [1.807, 2.05) is 0 Å². The van der Waals surface area contributed by atoms with Crippen LogP contribution in [0.5, 0.6) is 0 Å². The summed E-state index contributed by atoms with van der Waals surface area (Å²) in [7, 11) is 0. The van der Waals surface area contributed by atoms with Gasteiger partial charge >= 0.3 is 0 Å². The number of ether oxygens (including phenoxy) is 1. The summed E-state index contributed by atoms with van der Waals surface area (Å²) in [4.78, 5) is 15.0. The van der Waals surface area contributed by atoms with Gasteiger partial charge in [-0.25, -0.2) is 0 Å². The van der Waals surface area contributed by atoms with E-state index >= 15 is 0 Å². The zero-order valence-corrected chi connectivity index (χ0v) is 14.7. The zero-order valence-electron chi connectivity index (χ0n) is 14.7. The van der Waals surface area contributed by atoms with Crippen molar-refractivity contribution in [2.24, 2.45) is 17.3 Å². The molecule has 1 aliphatic carbocycles. The fourth-order valence-corrected chi connectivity index (χ4v) is 4.73. The first kappa shape index (κ1) is 16.3. The van der Waals surface area contributed by atoms with Crippen LogP contribution in [-0.2, 0) is 9.53 Å². The minimum Gasteiger partial charge on any atom is -0.365 e. The fourth-order valence-electron chi connectivity index (χ4n) is 4.73. The number of nitrogens with zero attached hydrogens (tertiary/aromatic N) is 1. The van der Waals surface area contributed by atoms with Crippen LogP contribution in [-0.4, -0.2) is 36.1 Å². The van der Waals surface area contributed by atoms with Crippen molar-refractivity contribution >= 4 is 5.91 Å². The van der Waals surface area contributed by atoms with Crippen LogP contribution in [0.25, 0.3) is 0 Å². The highest BCUT2D eigenvalue weighted by atomic mass is 16.5. The third-order valence-corrected chi connectivity index (χ3v) is 6.56. The first-order valence-corrected chi connectivity index (χ1v) is 9.45. The molecular formula is C19H33NO2. The summed E-state index contributed by atoms with van der Waals surface area (Å²) in [5, 5.41) is 0. The molecule has 0 bridgehead atoms. The average Bonchev–Trinajstić information content (AvgIpc) is 2.97. The largest absolute Gasteiger partial charge is 0.365 e. The minimum absolute atomic E-state index is 0.279. The van der Waals surface area contributed by atoms with E-state index in [1.165, 1.54) is 32.1 Å². The summed E-state index contributed by atoms with van der Waals surface area (Å²) >= 11 is 0. The second-order valence-corrected chi connectivity index (χ2v) is 8.33. The molecule has 0 radical (unpaired) electrons. The SMILES string of the molecule is CC[C@@]1(C(=O)N2CCC3(CC2)C[C@@H]3CCC(C)C)CCCO1. The molecule has 2 heterocycles. The summed E-state index contributed by atoms with van der Waals surface area (Å²) in [6, 6.07) is 0. The Kier molecular flexibility index (Phi) is 4.55. The molecule has 3 rings (SSSR count). The molecule has 2 saturated heterocycles. The number of carbonyl (C=O) groups excluding carboxylic acids is 1. The molecule has 1 amide bonds. The van der Waals surface area contributed by atoms with Crippen LogP contribution in [0.1, 0.15) is 72.1 Å². The van der Waals surface area contributed by atoms with Crippen molar-refractivity contribution in [3.05, 3.63) is 0 Å². The standard InChI is InChI=1S/C19H33NO2/c1-4-19(8-5-13-22-19)17(21)20-11-9-18(10-12-20)14-16(18)7-6-15(2)3/h15-16H,4-14H2,1-3H3/t16-,19-/m0/s1. The highest BCUT2D eigenvalue weighted by Gasteiger charge is 2.55. The summed E-state index contributed by atoms with van der Waals surface area (Å²) in [6.07, 6.45) is 9.40. The number of carbonyl (C=O) groups is 1. The van der Waals surface area contributed by atoms with E-state index in [9.17, 15) is 4.79 Å². The van der Waals surface area contributed by atoms with Crippen molar-refractivity contribution in [3.8, 4) is 0 Å². The van der Waals surface area contributed by atoms with E-state index in [0.717, 1.165) is 50.8 Å². The molecule has 0 N–H and O–H groups in total. The lowest BCUT2D eigenvalue weighted by Crippen LogP contribution is -2.51.